The van der Waals surface area contributed by atoms with E-state index >= 15 is 0 Å². The molecule has 0 amide bonds. The van der Waals surface area contributed by atoms with E-state index in [-0.39, 0.29) is 41.8 Å². The van der Waals surface area contributed by atoms with Crippen LogP contribution >= 0.6 is 0 Å². The Labute approximate surface area is 466 Å². The van der Waals surface area contributed by atoms with Crippen molar-refractivity contribution in [2.45, 2.75) is 254 Å². The Balaban J connectivity index is 0.934. The summed E-state index contributed by atoms with van der Waals surface area (Å²) in [5.41, 5.74) is -4.09. The first-order chi connectivity index (χ1) is 37.4. The Kier molecular flexibility index (Phi) is 16.6. The second-order valence-corrected chi connectivity index (χ2v) is 27.2. The zero-order chi connectivity index (χ0) is 58.4. The molecule has 32 atom stereocenters. The molecular formula is C56H90O24. The summed E-state index contributed by atoms with van der Waals surface area (Å²) < 4.78 is 62.4. The highest BCUT2D eigenvalue weighted by Crippen LogP contribution is 2.79. The van der Waals surface area contributed by atoms with Gasteiger partial charge in [-0.25, -0.2) is 0 Å². The maximum atomic E-state index is 12.5. The van der Waals surface area contributed by atoms with Crippen LogP contribution in [0.3, 0.4) is 0 Å². The van der Waals surface area contributed by atoms with Crippen molar-refractivity contribution in [1.82, 2.24) is 0 Å². The zero-order valence-electron chi connectivity index (χ0n) is 47.2. The second kappa shape index (κ2) is 21.6. The number of rotatable bonds is 12. The Morgan fingerprint density at radius 3 is 1.79 bits per heavy atom. The average Bonchev–Trinajstić information content (AvgIpc) is 3.91. The summed E-state index contributed by atoms with van der Waals surface area (Å²) in [6.07, 6.45) is -26.7. The molecule has 80 heavy (non-hydrogen) atoms. The Hall–Kier alpha value is -1.67. The number of allylic oxidation sites excluding steroid dienone is 1. The molecular weight excluding hydrogens is 1060 g/mol. The number of carbonyl (C=O) groups is 1. The van der Waals surface area contributed by atoms with Crippen molar-refractivity contribution in [3.05, 3.63) is 12.2 Å². The van der Waals surface area contributed by atoms with Gasteiger partial charge in [-0.2, -0.15) is 0 Å². The Bertz CT molecular complexity index is 2260. The normalized spacial score (nSPS) is 57.2. The third-order valence-electron chi connectivity index (χ3n) is 22.6. The van der Waals surface area contributed by atoms with E-state index in [1.165, 1.54) is 20.8 Å². The van der Waals surface area contributed by atoms with E-state index in [0.29, 0.717) is 51.6 Å². The summed E-state index contributed by atoms with van der Waals surface area (Å²) in [5.74, 6) is -0.643. The van der Waals surface area contributed by atoms with E-state index in [4.69, 9.17) is 47.4 Å². The molecule has 9 fully saturated rings. The van der Waals surface area contributed by atoms with Crippen LogP contribution in [0.1, 0.15) is 107 Å². The maximum absolute atomic E-state index is 12.5. The first kappa shape index (κ1) is 61.4. The quantitative estimate of drug-likeness (QED) is 0.0571. The van der Waals surface area contributed by atoms with Gasteiger partial charge in [-0.15, -0.1) is 0 Å². The van der Waals surface area contributed by atoms with Gasteiger partial charge < -0.3 is 114 Å². The van der Waals surface area contributed by atoms with Crippen LogP contribution < -0.4 is 0 Å². The van der Waals surface area contributed by atoms with E-state index in [1.807, 2.05) is 6.92 Å². The lowest BCUT2D eigenvalue weighted by atomic mass is 9.32. The molecule has 24 nitrogen and oxygen atoms in total. The van der Waals surface area contributed by atoms with E-state index in [9.17, 15) is 71.2 Å². The van der Waals surface area contributed by atoms with Crippen molar-refractivity contribution < 1.29 is 119 Å². The number of hydrogen-bond acceptors (Lipinski definition) is 24. The van der Waals surface area contributed by atoms with E-state index in [0.717, 1.165) is 0 Å². The molecule has 2 bridgehead atoms. The summed E-state index contributed by atoms with van der Waals surface area (Å²) in [6.45, 7) is 15.8. The highest BCUT2D eigenvalue weighted by Gasteiger charge is 2.80. The van der Waals surface area contributed by atoms with Crippen LogP contribution in [-0.2, 0) is 52.2 Å². The van der Waals surface area contributed by atoms with Gasteiger partial charge in [-0.05, 0) is 81.5 Å². The molecule has 0 aromatic heterocycles. The van der Waals surface area contributed by atoms with E-state index < -0.39 is 181 Å². The fourth-order valence-electron chi connectivity index (χ4n) is 17.6. The molecule has 1 spiro atoms. The van der Waals surface area contributed by atoms with Crippen LogP contribution in [0.2, 0.25) is 0 Å². The predicted octanol–water partition coefficient (Wildman–Crippen LogP) is -2.01. The summed E-state index contributed by atoms with van der Waals surface area (Å²) in [6, 6.07) is 0. The molecule has 5 heterocycles. The number of esters is 1. The van der Waals surface area contributed by atoms with Gasteiger partial charge in [-0.1, -0.05) is 53.7 Å². The van der Waals surface area contributed by atoms with Gasteiger partial charge in [0.1, 0.15) is 91.6 Å². The maximum Gasteiger partial charge on any atom is 0.302 e. The summed E-state index contributed by atoms with van der Waals surface area (Å²) >= 11 is 0. The lowest BCUT2D eigenvalue weighted by molar-refractivity contribution is -0.403. The smallest absolute Gasteiger partial charge is 0.302 e. The minimum absolute atomic E-state index is 0.0489. The molecule has 0 unspecified atom stereocenters. The zero-order valence-corrected chi connectivity index (χ0v) is 47.2. The van der Waals surface area contributed by atoms with E-state index in [2.05, 4.69) is 46.8 Å². The molecule has 24 heteroatoms. The molecule has 0 aromatic rings. The van der Waals surface area contributed by atoms with Gasteiger partial charge >= 0.3 is 5.97 Å². The highest BCUT2D eigenvalue weighted by atomic mass is 16.8. The molecule has 5 saturated heterocycles. The first-order valence-corrected chi connectivity index (χ1v) is 28.8. The number of aliphatic hydroxyl groups excluding tert-OH is 13. The monoisotopic (exact) mass is 1150 g/mol. The molecule has 10 rings (SSSR count). The average molecular weight is 1150 g/mol. The van der Waals surface area contributed by atoms with Crippen LogP contribution in [0, 0.1) is 50.2 Å². The van der Waals surface area contributed by atoms with Crippen LogP contribution in [0.5, 0.6) is 0 Å². The lowest BCUT2D eigenvalue weighted by Crippen LogP contribution is -2.73. The van der Waals surface area contributed by atoms with Crippen molar-refractivity contribution in [3.8, 4) is 0 Å². The molecule has 5 aliphatic carbocycles. The van der Waals surface area contributed by atoms with Crippen LogP contribution in [0.4, 0.5) is 0 Å². The van der Waals surface area contributed by atoms with Crippen LogP contribution in [0.25, 0.3) is 0 Å². The Morgan fingerprint density at radius 1 is 0.575 bits per heavy atom. The van der Waals surface area contributed by atoms with Crippen molar-refractivity contribution >= 4 is 5.97 Å². The van der Waals surface area contributed by atoms with Gasteiger partial charge in [0.25, 0.3) is 0 Å². The fourth-order valence-corrected chi connectivity index (χ4v) is 17.6. The largest absolute Gasteiger partial charge is 0.462 e. The molecule has 10 aliphatic rings. The van der Waals surface area contributed by atoms with Gasteiger partial charge in [-0.3, -0.25) is 4.79 Å². The number of ether oxygens (including phenoxy) is 10. The van der Waals surface area contributed by atoms with Crippen LogP contribution in [0.15, 0.2) is 12.2 Å². The topological polar surface area (TPSA) is 372 Å². The molecule has 13 N–H and O–H groups in total. The van der Waals surface area contributed by atoms with Crippen molar-refractivity contribution in [2.24, 2.45) is 50.2 Å². The molecule has 5 aliphatic heterocycles. The molecule has 458 valence electrons. The third-order valence-corrected chi connectivity index (χ3v) is 22.6. The van der Waals surface area contributed by atoms with Gasteiger partial charge in [0.2, 0.25) is 0 Å². The number of aliphatic hydroxyl groups is 13. The van der Waals surface area contributed by atoms with Crippen LogP contribution in [-0.4, -0.2) is 246 Å². The summed E-state index contributed by atoms with van der Waals surface area (Å²) in [7, 11) is 0. The minimum Gasteiger partial charge on any atom is -0.462 e. The number of hydrogen-bond donors (Lipinski definition) is 13. The molecule has 0 aromatic carbocycles. The fraction of sp³-hybridized carbons (Fsp3) is 0.946. The minimum atomic E-state index is -2.03. The third kappa shape index (κ3) is 9.17. The van der Waals surface area contributed by atoms with Gasteiger partial charge in [0.05, 0.1) is 56.4 Å². The molecule has 0 radical (unpaired) electrons. The van der Waals surface area contributed by atoms with Gasteiger partial charge in [0, 0.05) is 34.5 Å². The predicted molar refractivity (Wildman–Crippen MR) is 272 cm³/mol. The van der Waals surface area contributed by atoms with Gasteiger partial charge in [0.15, 0.2) is 25.2 Å². The van der Waals surface area contributed by atoms with Crippen molar-refractivity contribution in [2.75, 3.05) is 26.4 Å². The highest BCUT2D eigenvalue weighted by molar-refractivity contribution is 5.66. The van der Waals surface area contributed by atoms with Crippen molar-refractivity contribution in [3.63, 3.8) is 0 Å². The summed E-state index contributed by atoms with van der Waals surface area (Å²) in [5, 5.41) is 144. The van der Waals surface area contributed by atoms with E-state index in [1.54, 1.807) is 0 Å². The standard InChI is InChI=1S/C56H90O24/c1-23-34(62)37(65)40(68)46(72-23)78-43-27(20-58)76-48(42(70)39(43)67)79-44-35(63)24(2)73-49(45(44)80-47-41(69)38(66)36(64)26(19-57)75-47)77-32-12-13-51(6)28(52(32,7)21-59)10-14-53(8)29(51)11-15-56-30-16-50(4,5)33(74-25(3)60)18-55(30,22-71-56)31(61)17-54(53,56)9/h11,15,23-24,26-49,57-59,61-70H,10,12-14,16-22H2,1-9H3/t23-,24+,26+,27+,28+,29+,30+,31-,32-,33-,34-,35-,36+,37+,38-,39+,40+,41+,42+,43+,44-,45+,46-,47-,48-,49-,51-,52-,53+,54-,55+,56-/m0/s1. The SMILES string of the molecule is CC(=O)O[C@H]1C[C@]23CO[C@@]4(C=C[C@@H]5[C@@]6(C)CC[C@H](O[C@@H]7O[C@H](C)[C@H](O)[C@H](O[C@@H]8O[C@H](CO)[C@@H](O[C@@H]9O[C@@H](C)[C@H](O)[C@@H](O)[C@H]9O)[C@H](O)[C@H]8O)[C@H]7O[C@@H]7O[C@H](CO)[C@@H](O)[C@H](O)[C@H]7O)[C@@](C)(CO)[C@@H]6CC[C@@]5(C)[C@]4(C)C[C@@H]2O)[C@@H]3CC1(C)C. The molecule has 4 saturated carbocycles. The number of carbonyl (C=O) groups excluding carboxylic acids is 1. The Morgan fingerprint density at radius 2 is 1.15 bits per heavy atom. The first-order valence-electron chi connectivity index (χ1n) is 28.8. The second-order valence-electron chi connectivity index (χ2n) is 27.2. The summed E-state index contributed by atoms with van der Waals surface area (Å²) in [4.78, 5) is 12.4. The van der Waals surface area contributed by atoms with Crippen molar-refractivity contribution in [1.29, 1.82) is 0 Å². The lowest BCUT2D eigenvalue weighted by Gasteiger charge is -2.73. The number of fused-ring (bicyclic) bond motifs is 4.